The summed E-state index contributed by atoms with van der Waals surface area (Å²) in [6, 6.07) is 5.95. The third-order valence-electron chi connectivity index (χ3n) is 2.94. The van der Waals surface area contributed by atoms with Gasteiger partial charge in [-0.1, -0.05) is 51.3 Å². The summed E-state index contributed by atoms with van der Waals surface area (Å²) in [4.78, 5) is 0. The average molecular weight is 272 g/mol. The number of halogens is 2. The second kappa shape index (κ2) is 7.75. The van der Waals surface area contributed by atoms with Crippen LogP contribution in [0.2, 0.25) is 5.02 Å². The molecule has 0 saturated carbocycles. The van der Waals surface area contributed by atoms with Crippen molar-refractivity contribution in [2.75, 3.05) is 0 Å². The Kier molecular flexibility index (Phi) is 6.66. The molecule has 1 nitrogen and oxygen atoms in total. The van der Waals surface area contributed by atoms with E-state index in [4.69, 9.17) is 11.6 Å². The predicted molar refractivity (Wildman–Crippen MR) is 76.7 cm³/mol. The van der Waals surface area contributed by atoms with Gasteiger partial charge in [-0.25, -0.2) is 4.39 Å². The molecular weight excluding hydrogens is 249 g/mol. The normalized spacial score (nSPS) is 13.0. The van der Waals surface area contributed by atoms with Gasteiger partial charge in [0.2, 0.25) is 0 Å². The molecule has 0 radical (unpaired) electrons. The summed E-state index contributed by atoms with van der Waals surface area (Å²) >= 11 is 5.69. The van der Waals surface area contributed by atoms with Crippen LogP contribution < -0.4 is 5.32 Å². The zero-order valence-electron chi connectivity index (χ0n) is 11.5. The van der Waals surface area contributed by atoms with Crippen molar-refractivity contribution >= 4 is 11.6 Å². The molecule has 1 N–H and O–H groups in total. The molecule has 0 heterocycles. The molecule has 1 aromatic rings. The Balaban J connectivity index is 2.65. The molecule has 1 unspecified atom stereocenters. The highest BCUT2D eigenvalue weighted by molar-refractivity contribution is 6.30. The summed E-state index contributed by atoms with van der Waals surface area (Å²) in [5.41, 5.74) is 1.01. The van der Waals surface area contributed by atoms with E-state index >= 15 is 0 Å². The van der Waals surface area contributed by atoms with Crippen LogP contribution in [0.3, 0.4) is 0 Å². The number of unbranched alkanes of at least 4 members (excludes halogenated alkanes) is 1. The number of hydrogen-bond donors (Lipinski definition) is 1. The summed E-state index contributed by atoms with van der Waals surface area (Å²) in [5.74, 6) is -0.326. The molecule has 0 aliphatic heterocycles. The van der Waals surface area contributed by atoms with Gasteiger partial charge < -0.3 is 5.32 Å². The van der Waals surface area contributed by atoms with Crippen molar-refractivity contribution in [2.24, 2.45) is 0 Å². The van der Waals surface area contributed by atoms with Crippen LogP contribution in [-0.4, -0.2) is 12.1 Å². The fraction of sp³-hybridized carbons (Fsp3) is 0.600. The van der Waals surface area contributed by atoms with Gasteiger partial charge in [0.1, 0.15) is 5.82 Å². The Morgan fingerprint density at radius 3 is 2.61 bits per heavy atom. The van der Waals surface area contributed by atoms with Crippen molar-refractivity contribution in [1.82, 2.24) is 5.32 Å². The topological polar surface area (TPSA) is 12.0 Å². The summed E-state index contributed by atoms with van der Waals surface area (Å²) in [6.45, 7) is 6.47. The van der Waals surface area contributed by atoms with E-state index in [1.54, 1.807) is 12.1 Å². The van der Waals surface area contributed by atoms with E-state index in [1.807, 2.05) is 6.07 Å². The summed E-state index contributed by atoms with van der Waals surface area (Å²) < 4.78 is 13.4. The van der Waals surface area contributed by atoms with Gasteiger partial charge in [-0.3, -0.25) is 0 Å². The Labute approximate surface area is 115 Å². The molecule has 0 aromatic heterocycles. The van der Waals surface area contributed by atoms with Gasteiger partial charge in [0.05, 0.1) is 5.02 Å². The Morgan fingerprint density at radius 1 is 1.33 bits per heavy atom. The highest BCUT2D eigenvalue weighted by Crippen LogP contribution is 2.17. The first kappa shape index (κ1) is 15.5. The first-order valence-corrected chi connectivity index (χ1v) is 7.10. The lowest BCUT2D eigenvalue weighted by molar-refractivity contribution is 0.424. The fourth-order valence-corrected chi connectivity index (χ4v) is 2.23. The molecule has 0 bridgehead atoms. The third kappa shape index (κ3) is 5.36. The monoisotopic (exact) mass is 271 g/mol. The fourth-order valence-electron chi connectivity index (χ4n) is 2.12. The van der Waals surface area contributed by atoms with Gasteiger partial charge in [-0.2, -0.15) is 0 Å². The minimum absolute atomic E-state index is 0.195. The van der Waals surface area contributed by atoms with Crippen LogP contribution in [0.5, 0.6) is 0 Å². The molecule has 0 spiro atoms. The van der Waals surface area contributed by atoms with E-state index in [2.05, 4.69) is 26.1 Å². The number of hydrogen-bond acceptors (Lipinski definition) is 1. The molecule has 1 rings (SSSR count). The van der Waals surface area contributed by atoms with Gasteiger partial charge in [0.25, 0.3) is 0 Å². The van der Waals surface area contributed by atoms with Crippen molar-refractivity contribution in [1.29, 1.82) is 0 Å². The maximum absolute atomic E-state index is 13.4. The van der Waals surface area contributed by atoms with Gasteiger partial charge in [-0.15, -0.1) is 0 Å². The number of rotatable bonds is 7. The molecule has 0 fully saturated rings. The zero-order chi connectivity index (χ0) is 13.5. The number of benzene rings is 1. The highest BCUT2D eigenvalue weighted by atomic mass is 35.5. The maximum Gasteiger partial charge on any atom is 0.142 e. The molecular formula is C15H23ClFN. The Bertz CT molecular complexity index is 366. The van der Waals surface area contributed by atoms with Crippen LogP contribution in [-0.2, 0) is 6.42 Å². The largest absolute Gasteiger partial charge is 0.311 e. The van der Waals surface area contributed by atoms with E-state index in [0.717, 1.165) is 18.4 Å². The minimum Gasteiger partial charge on any atom is -0.311 e. The molecule has 0 aliphatic rings. The molecule has 18 heavy (non-hydrogen) atoms. The second-order valence-corrected chi connectivity index (χ2v) is 5.52. The maximum atomic E-state index is 13.4. The molecule has 0 aliphatic carbocycles. The van der Waals surface area contributed by atoms with Gasteiger partial charge >= 0.3 is 0 Å². The SMILES string of the molecule is CCCCC(Cc1ccc(Cl)c(F)c1)NC(C)C. The van der Waals surface area contributed by atoms with Gasteiger partial charge in [0.15, 0.2) is 0 Å². The summed E-state index contributed by atoms with van der Waals surface area (Å²) in [5, 5.41) is 3.74. The molecule has 102 valence electrons. The first-order valence-electron chi connectivity index (χ1n) is 6.73. The van der Waals surface area contributed by atoms with E-state index < -0.39 is 0 Å². The molecule has 0 saturated heterocycles. The quantitative estimate of drug-likeness (QED) is 0.765. The zero-order valence-corrected chi connectivity index (χ0v) is 12.2. The lowest BCUT2D eigenvalue weighted by Crippen LogP contribution is -2.36. The van der Waals surface area contributed by atoms with Crippen molar-refractivity contribution in [3.05, 3.63) is 34.6 Å². The Morgan fingerprint density at radius 2 is 2.06 bits per heavy atom. The lowest BCUT2D eigenvalue weighted by atomic mass is 10.0. The van der Waals surface area contributed by atoms with Gasteiger partial charge in [0, 0.05) is 12.1 Å². The second-order valence-electron chi connectivity index (χ2n) is 5.11. The Hall–Kier alpha value is -0.600. The van der Waals surface area contributed by atoms with Crippen molar-refractivity contribution in [3.63, 3.8) is 0 Å². The standard InChI is InChI=1S/C15H23ClFN/c1-4-5-6-13(18-11(2)3)9-12-7-8-14(16)15(17)10-12/h7-8,10-11,13,18H,4-6,9H2,1-3H3. The number of nitrogens with one attached hydrogen (secondary N) is 1. The third-order valence-corrected chi connectivity index (χ3v) is 3.25. The van der Waals surface area contributed by atoms with Crippen LogP contribution in [0, 0.1) is 5.82 Å². The first-order chi connectivity index (χ1) is 8.52. The highest BCUT2D eigenvalue weighted by Gasteiger charge is 2.11. The smallest absolute Gasteiger partial charge is 0.142 e. The van der Waals surface area contributed by atoms with Crippen LogP contribution >= 0.6 is 11.6 Å². The molecule has 0 amide bonds. The summed E-state index contributed by atoms with van der Waals surface area (Å²) in [7, 11) is 0. The van der Waals surface area contributed by atoms with E-state index in [0.29, 0.717) is 12.1 Å². The predicted octanol–water partition coefficient (Wildman–Crippen LogP) is 4.58. The average Bonchev–Trinajstić information content (AvgIpc) is 2.30. The van der Waals surface area contributed by atoms with Crippen LogP contribution in [0.1, 0.15) is 45.6 Å². The lowest BCUT2D eigenvalue weighted by Gasteiger charge is -2.21. The van der Waals surface area contributed by atoms with E-state index in [1.165, 1.54) is 12.8 Å². The van der Waals surface area contributed by atoms with Crippen LogP contribution in [0.4, 0.5) is 4.39 Å². The van der Waals surface area contributed by atoms with Crippen LogP contribution in [0.25, 0.3) is 0 Å². The molecule has 1 aromatic carbocycles. The van der Waals surface area contributed by atoms with E-state index in [-0.39, 0.29) is 10.8 Å². The van der Waals surface area contributed by atoms with Crippen LogP contribution in [0.15, 0.2) is 18.2 Å². The van der Waals surface area contributed by atoms with Gasteiger partial charge in [-0.05, 0) is 30.5 Å². The van der Waals surface area contributed by atoms with Crippen molar-refractivity contribution < 1.29 is 4.39 Å². The van der Waals surface area contributed by atoms with Crippen molar-refractivity contribution in [2.45, 2.75) is 58.5 Å². The van der Waals surface area contributed by atoms with E-state index in [9.17, 15) is 4.39 Å². The molecule has 3 heteroatoms. The molecule has 1 atom stereocenters. The summed E-state index contributed by atoms with van der Waals surface area (Å²) in [6.07, 6.45) is 4.36. The van der Waals surface area contributed by atoms with Crippen molar-refractivity contribution in [3.8, 4) is 0 Å². The minimum atomic E-state index is -0.326.